The predicted molar refractivity (Wildman–Crippen MR) is 82.8 cm³/mol. The molecule has 0 amide bonds. The first-order valence-corrected chi connectivity index (χ1v) is 7.58. The highest BCUT2D eigenvalue weighted by Crippen LogP contribution is 2.24. The van der Waals surface area contributed by atoms with Crippen LogP contribution in [0.15, 0.2) is 22.7 Å². The van der Waals surface area contributed by atoms with Crippen LogP contribution < -0.4 is 10.5 Å². The standard InChI is InChI=1S/C15H22BrNO3/c1-4-12(17)7-11-8-13(5-6-14(11)16)19-9-15(18)20-10(2)3/h5-6,8,10,12H,4,7,9,17H2,1-3H3. The van der Waals surface area contributed by atoms with Gasteiger partial charge in [0.15, 0.2) is 6.61 Å². The molecule has 4 nitrogen and oxygen atoms in total. The molecule has 0 heterocycles. The largest absolute Gasteiger partial charge is 0.482 e. The molecule has 0 fully saturated rings. The summed E-state index contributed by atoms with van der Waals surface area (Å²) < 4.78 is 11.5. The molecular weight excluding hydrogens is 322 g/mol. The Morgan fingerprint density at radius 2 is 2.10 bits per heavy atom. The number of halogens is 1. The summed E-state index contributed by atoms with van der Waals surface area (Å²) in [4.78, 5) is 11.4. The van der Waals surface area contributed by atoms with Crippen LogP contribution in [0.25, 0.3) is 0 Å². The fourth-order valence-electron chi connectivity index (χ4n) is 1.66. The number of carbonyl (C=O) groups excluding carboxylic acids is 1. The van der Waals surface area contributed by atoms with Gasteiger partial charge in [-0.25, -0.2) is 4.79 Å². The van der Waals surface area contributed by atoms with E-state index >= 15 is 0 Å². The summed E-state index contributed by atoms with van der Waals surface area (Å²) in [6, 6.07) is 5.74. The van der Waals surface area contributed by atoms with E-state index in [0.717, 1.165) is 22.9 Å². The molecule has 1 rings (SSSR count). The summed E-state index contributed by atoms with van der Waals surface area (Å²) in [5.41, 5.74) is 7.04. The third-order valence-electron chi connectivity index (χ3n) is 2.75. The average molecular weight is 344 g/mol. The number of hydrogen-bond acceptors (Lipinski definition) is 4. The summed E-state index contributed by atoms with van der Waals surface area (Å²) in [6.45, 7) is 5.59. The van der Waals surface area contributed by atoms with Crippen LogP contribution in [0.1, 0.15) is 32.8 Å². The Bertz CT molecular complexity index is 449. The van der Waals surface area contributed by atoms with Crippen molar-refractivity contribution in [2.24, 2.45) is 5.73 Å². The summed E-state index contributed by atoms with van der Waals surface area (Å²) in [5, 5.41) is 0. The van der Waals surface area contributed by atoms with Gasteiger partial charge in [-0.05, 0) is 50.5 Å². The first-order valence-electron chi connectivity index (χ1n) is 6.78. The van der Waals surface area contributed by atoms with Gasteiger partial charge in [0.05, 0.1) is 6.10 Å². The van der Waals surface area contributed by atoms with Gasteiger partial charge >= 0.3 is 5.97 Å². The number of nitrogens with two attached hydrogens (primary N) is 1. The van der Waals surface area contributed by atoms with E-state index < -0.39 is 0 Å². The van der Waals surface area contributed by atoms with E-state index in [9.17, 15) is 4.79 Å². The molecule has 2 N–H and O–H groups in total. The normalized spacial score (nSPS) is 12.3. The lowest BCUT2D eigenvalue weighted by Gasteiger charge is -2.13. The second-order valence-corrected chi connectivity index (χ2v) is 5.81. The minimum Gasteiger partial charge on any atom is -0.482 e. The monoisotopic (exact) mass is 343 g/mol. The number of hydrogen-bond donors (Lipinski definition) is 1. The fraction of sp³-hybridized carbons (Fsp3) is 0.533. The Labute approximate surface area is 128 Å². The maximum absolute atomic E-state index is 11.4. The number of rotatable bonds is 7. The maximum Gasteiger partial charge on any atom is 0.344 e. The van der Waals surface area contributed by atoms with Gasteiger partial charge < -0.3 is 15.2 Å². The van der Waals surface area contributed by atoms with E-state index in [1.807, 2.05) is 32.0 Å². The van der Waals surface area contributed by atoms with Gasteiger partial charge in [0.25, 0.3) is 0 Å². The highest BCUT2D eigenvalue weighted by atomic mass is 79.9. The van der Waals surface area contributed by atoms with Crippen LogP contribution in [-0.4, -0.2) is 24.7 Å². The lowest BCUT2D eigenvalue weighted by Crippen LogP contribution is -2.21. The van der Waals surface area contributed by atoms with Gasteiger partial charge in [-0.2, -0.15) is 0 Å². The first-order chi connectivity index (χ1) is 9.42. The molecule has 112 valence electrons. The SMILES string of the molecule is CCC(N)Cc1cc(OCC(=O)OC(C)C)ccc1Br. The van der Waals surface area contributed by atoms with Crippen molar-refractivity contribution in [1.82, 2.24) is 0 Å². The minimum absolute atomic E-state index is 0.0842. The average Bonchev–Trinajstić information content (AvgIpc) is 2.38. The maximum atomic E-state index is 11.4. The summed E-state index contributed by atoms with van der Waals surface area (Å²) in [7, 11) is 0. The fourth-order valence-corrected chi connectivity index (χ4v) is 2.07. The van der Waals surface area contributed by atoms with E-state index in [4.69, 9.17) is 15.2 Å². The Hall–Kier alpha value is -1.07. The van der Waals surface area contributed by atoms with Crippen LogP contribution in [0, 0.1) is 0 Å². The Kier molecular flexibility index (Phi) is 7.02. The molecule has 0 radical (unpaired) electrons. The molecule has 0 saturated carbocycles. The van der Waals surface area contributed by atoms with E-state index in [-0.39, 0.29) is 24.7 Å². The van der Waals surface area contributed by atoms with Crippen molar-refractivity contribution in [1.29, 1.82) is 0 Å². The molecule has 1 aromatic rings. The number of benzene rings is 1. The van der Waals surface area contributed by atoms with Crippen molar-refractivity contribution < 1.29 is 14.3 Å². The molecule has 0 aliphatic carbocycles. The van der Waals surface area contributed by atoms with Gasteiger partial charge in [0.1, 0.15) is 5.75 Å². The molecule has 0 aliphatic heterocycles. The van der Waals surface area contributed by atoms with Crippen LogP contribution in [0.5, 0.6) is 5.75 Å². The van der Waals surface area contributed by atoms with E-state index in [0.29, 0.717) is 5.75 Å². The van der Waals surface area contributed by atoms with Gasteiger partial charge in [0, 0.05) is 10.5 Å². The second-order valence-electron chi connectivity index (χ2n) is 4.95. The zero-order chi connectivity index (χ0) is 15.1. The third-order valence-corrected chi connectivity index (χ3v) is 3.52. The molecule has 1 unspecified atom stereocenters. The third kappa shape index (κ3) is 5.92. The Morgan fingerprint density at radius 1 is 1.40 bits per heavy atom. The zero-order valence-corrected chi connectivity index (χ0v) is 13.8. The molecular formula is C15H22BrNO3. The Balaban J connectivity index is 2.63. The summed E-state index contributed by atoms with van der Waals surface area (Å²) in [6.07, 6.45) is 1.55. The smallest absolute Gasteiger partial charge is 0.344 e. The predicted octanol–water partition coefficient (Wildman–Crippen LogP) is 3.06. The van der Waals surface area contributed by atoms with Crippen LogP contribution in [0.4, 0.5) is 0 Å². The molecule has 0 aromatic heterocycles. The molecule has 20 heavy (non-hydrogen) atoms. The molecule has 0 bridgehead atoms. The summed E-state index contributed by atoms with van der Waals surface area (Å²) >= 11 is 3.50. The number of ether oxygens (including phenoxy) is 2. The van der Waals surface area contributed by atoms with E-state index in [1.54, 1.807) is 0 Å². The lowest BCUT2D eigenvalue weighted by atomic mass is 10.0. The van der Waals surface area contributed by atoms with Crippen LogP contribution in [0.3, 0.4) is 0 Å². The molecule has 1 aromatic carbocycles. The topological polar surface area (TPSA) is 61.5 Å². The van der Waals surface area contributed by atoms with Crippen molar-refractivity contribution >= 4 is 21.9 Å². The highest BCUT2D eigenvalue weighted by Gasteiger charge is 2.09. The second kappa shape index (κ2) is 8.27. The van der Waals surface area contributed by atoms with Crippen LogP contribution >= 0.6 is 15.9 Å². The zero-order valence-electron chi connectivity index (χ0n) is 12.2. The molecule has 0 spiro atoms. The van der Waals surface area contributed by atoms with Gasteiger partial charge in [0.2, 0.25) is 0 Å². The van der Waals surface area contributed by atoms with Crippen molar-refractivity contribution in [3.63, 3.8) is 0 Å². The van der Waals surface area contributed by atoms with Gasteiger partial charge in [-0.3, -0.25) is 0 Å². The minimum atomic E-state index is -0.366. The van der Waals surface area contributed by atoms with Gasteiger partial charge in [-0.15, -0.1) is 0 Å². The van der Waals surface area contributed by atoms with Gasteiger partial charge in [-0.1, -0.05) is 22.9 Å². The lowest BCUT2D eigenvalue weighted by molar-refractivity contribution is -0.149. The number of carbonyl (C=O) groups is 1. The number of esters is 1. The quantitative estimate of drug-likeness (QED) is 0.773. The Morgan fingerprint density at radius 3 is 2.70 bits per heavy atom. The first kappa shape index (κ1) is 17.0. The van der Waals surface area contributed by atoms with E-state index in [2.05, 4.69) is 22.9 Å². The molecule has 1 atom stereocenters. The molecule has 0 aliphatic rings. The van der Waals surface area contributed by atoms with Crippen LogP contribution in [0.2, 0.25) is 0 Å². The van der Waals surface area contributed by atoms with Crippen molar-refractivity contribution in [2.45, 2.75) is 45.8 Å². The molecule has 0 saturated heterocycles. The van der Waals surface area contributed by atoms with Crippen molar-refractivity contribution in [3.05, 3.63) is 28.2 Å². The summed E-state index contributed by atoms with van der Waals surface area (Å²) in [5.74, 6) is 0.280. The van der Waals surface area contributed by atoms with Crippen molar-refractivity contribution in [2.75, 3.05) is 6.61 Å². The van der Waals surface area contributed by atoms with E-state index in [1.165, 1.54) is 0 Å². The molecule has 5 heteroatoms. The van der Waals surface area contributed by atoms with Crippen molar-refractivity contribution in [3.8, 4) is 5.75 Å². The van der Waals surface area contributed by atoms with Crippen LogP contribution in [-0.2, 0) is 16.0 Å². The highest BCUT2D eigenvalue weighted by molar-refractivity contribution is 9.10.